The summed E-state index contributed by atoms with van der Waals surface area (Å²) in [4.78, 5) is 0. The summed E-state index contributed by atoms with van der Waals surface area (Å²) in [7, 11) is 0. The number of hydrogen-bond acceptors (Lipinski definition) is 5. The molecule has 0 aromatic carbocycles. The van der Waals surface area contributed by atoms with Crippen molar-refractivity contribution in [1.82, 2.24) is 25.0 Å². The van der Waals surface area contributed by atoms with Crippen LogP contribution in [0.1, 0.15) is 0 Å². The average Bonchev–Trinajstić information content (AvgIpc) is 2.80. The van der Waals surface area contributed by atoms with Crippen molar-refractivity contribution < 1.29 is 0 Å². The van der Waals surface area contributed by atoms with E-state index < -0.39 is 0 Å². The molecule has 0 spiro atoms. The van der Waals surface area contributed by atoms with E-state index in [1.165, 1.54) is 0 Å². The van der Waals surface area contributed by atoms with Crippen LogP contribution in [0.5, 0.6) is 0 Å². The lowest BCUT2D eigenvalue weighted by molar-refractivity contribution is 0.788. The van der Waals surface area contributed by atoms with Gasteiger partial charge >= 0.3 is 0 Å². The van der Waals surface area contributed by atoms with Gasteiger partial charge < -0.3 is 5.32 Å². The van der Waals surface area contributed by atoms with Crippen molar-refractivity contribution in [1.29, 1.82) is 0 Å². The maximum atomic E-state index is 5.07. The van der Waals surface area contributed by atoms with Gasteiger partial charge in [-0.1, -0.05) is 5.92 Å². The molecule has 0 aliphatic carbocycles. The smallest absolute Gasteiger partial charge is 0.272 e. The molecule has 2 aromatic rings. The SMILES string of the molecule is C#CCNc1nnc(-n2cccc2)nn1. The molecule has 2 heterocycles. The van der Waals surface area contributed by atoms with Gasteiger partial charge in [-0.05, 0) is 12.1 Å². The molecule has 2 rings (SSSR count). The third-order valence-corrected chi connectivity index (χ3v) is 1.65. The first kappa shape index (κ1) is 9.15. The minimum atomic E-state index is 0.323. The first-order valence-corrected chi connectivity index (χ1v) is 4.28. The molecule has 0 fully saturated rings. The van der Waals surface area contributed by atoms with Crippen LogP contribution in [0.2, 0.25) is 0 Å². The summed E-state index contributed by atoms with van der Waals surface area (Å²) in [6, 6.07) is 3.74. The fourth-order valence-electron chi connectivity index (χ4n) is 0.996. The van der Waals surface area contributed by atoms with Gasteiger partial charge in [0.1, 0.15) is 0 Å². The molecule has 0 amide bonds. The van der Waals surface area contributed by atoms with Crippen LogP contribution in [0.3, 0.4) is 0 Å². The number of terminal acetylenes is 1. The number of nitrogens with one attached hydrogen (secondary N) is 1. The fourth-order valence-corrected chi connectivity index (χ4v) is 0.996. The monoisotopic (exact) mass is 200 g/mol. The minimum Gasteiger partial charge on any atom is -0.341 e. The largest absolute Gasteiger partial charge is 0.341 e. The number of rotatable bonds is 3. The van der Waals surface area contributed by atoms with Crippen molar-refractivity contribution in [2.75, 3.05) is 11.9 Å². The van der Waals surface area contributed by atoms with Gasteiger partial charge in [0.2, 0.25) is 0 Å². The van der Waals surface area contributed by atoms with Crippen molar-refractivity contribution in [2.45, 2.75) is 0 Å². The van der Waals surface area contributed by atoms with Crippen LogP contribution in [-0.4, -0.2) is 31.5 Å². The Morgan fingerprint density at radius 2 is 1.87 bits per heavy atom. The van der Waals surface area contributed by atoms with E-state index in [4.69, 9.17) is 6.42 Å². The third-order valence-electron chi connectivity index (χ3n) is 1.65. The van der Waals surface area contributed by atoms with Crippen LogP contribution in [0, 0.1) is 12.3 Å². The molecule has 74 valence electrons. The zero-order valence-corrected chi connectivity index (χ0v) is 7.83. The summed E-state index contributed by atoms with van der Waals surface area (Å²) in [5.74, 6) is 3.15. The van der Waals surface area contributed by atoms with Gasteiger partial charge in [0.05, 0.1) is 6.54 Å². The maximum Gasteiger partial charge on any atom is 0.272 e. The number of hydrogen-bond donors (Lipinski definition) is 1. The lowest BCUT2D eigenvalue weighted by Gasteiger charge is -2.00. The van der Waals surface area contributed by atoms with E-state index in [0.29, 0.717) is 18.4 Å². The molecule has 15 heavy (non-hydrogen) atoms. The summed E-state index contributed by atoms with van der Waals surface area (Å²) < 4.78 is 1.71. The highest BCUT2D eigenvalue weighted by Gasteiger charge is 2.00. The predicted octanol–water partition coefficient (Wildman–Crippen LogP) is 0.102. The van der Waals surface area contributed by atoms with Crippen LogP contribution in [0.15, 0.2) is 24.5 Å². The lowest BCUT2D eigenvalue weighted by atomic mass is 10.7. The van der Waals surface area contributed by atoms with Gasteiger partial charge in [0, 0.05) is 12.4 Å². The molecule has 0 atom stereocenters. The summed E-state index contributed by atoms with van der Waals surface area (Å²) in [6.07, 6.45) is 8.70. The molecule has 0 aliphatic heterocycles. The van der Waals surface area contributed by atoms with Gasteiger partial charge in [0.25, 0.3) is 11.9 Å². The van der Waals surface area contributed by atoms with Crippen LogP contribution in [0.4, 0.5) is 5.95 Å². The maximum absolute atomic E-state index is 5.07. The minimum absolute atomic E-state index is 0.323. The first-order chi connectivity index (χ1) is 7.40. The highest BCUT2D eigenvalue weighted by atomic mass is 15.4. The van der Waals surface area contributed by atoms with Crippen LogP contribution in [0.25, 0.3) is 5.95 Å². The van der Waals surface area contributed by atoms with E-state index in [9.17, 15) is 0 Å². The normalized spacial score (nSPS) is 9.53. The second-order valence-electron chi connectivity index (χ2n) is 2.67. The summed E-state index contributed by atoms with van der Waals surface area (Å²) >= 11 is 0. The molecule has 0 saturated carbocycles. The summed E-state index contributed by atoms with van der Waals surface area (Å²) in [6.45, 7) is 0.353. The highest BCUT2D eigenvalue weighted by Crippen LogP contribution is 1.99. The molecule has 0 radical (unpaired) electrons. The summed E-state index contributed by atoms with van der Waals surface area (Å²) in [5.41, 5.74) is 0. The highest BCUT2D eigenvalue weighted by molar-refractivity contribution is 5.23. The molecule has 0 bridgehead atoms. The molecule has 2 aromatic heterocycles. The molecule has 0 aliphatic rings. The molecule has 6 heteroatoms. The Kier molecular flexibility index (Phi) is 2.56. The van der Waals surface area contributed by atoms with E-state index in [0.717, 1.165) is 0 Å². The summed E-state index contributed by atoms with van der Waals surface area (Å²) in [5, 5.41) is 18.2. The quantitative estimate of drug-likeness (QED) is 0.712. The van der Waals surface area contributed by atoms with Crippen molar-refractivity contribution in [3.63, 3.8) is 0 Å². The van der Waals surface area contributed by atoms with Gasteiger partial charge in [-0.25, -0.2) is 0 Å². The number of aromatic nitrogens is 5. The molecule has 6 nitrogen and oxygen atoms in total. The predicted molar refractivity (Wildman–Crippen MR) is 54.3 cm³/mol. The van der Waals surface area contributed by atoms with Crippen LogP contribution >= 0.6 is 0 Å². The topological polar surface area (TPSA) is 68.5 Å². The lowest BCUT2D eigenvalue weighted by Crippen LogP contribution is -2.09. The van der Waals surface area contributed by atoms with Gasteiger partial charge in [-0.3, -0.25) is 4.57 Å². The van der Waals surface area contributed by atoms with Crippen molar-refractivity contribution in [3.8, 4) is 18.3 Å². The van der Waals surface area contributed by atoms with Gasteiger partial charge in [0.15, 0.2) is 0 Å². The van der Waals surface area contributed by atoms with Crippen molar-refractivity contribution >= 4 is 5.95 Å². The molecular weight excluding hydrogens is 192 g/mol. The molecular formula is C9H8N6. The molecule has 0 saturated heterocycles. The van der Waals surface area contributed by atoms with E-state index in [1.807, 2.05) is 24.5 Å². The van der Waals surface area contributed by atoms with Crippen molar-refractivity contribution in [3.05, 3.63) is 24.5 Å². The fraction of sp³-hybridized carbons (Fsp3) is 0.111. The Bertz CT molecular complexity index is 452. The van der Waals surface area contributed by atoms with E-state index in [-0.39, 0.29) is 0 Å². The van der Waals surface area contributed by atoms with Gasteiger partial charge in [-0.2, -0.15) is 0 Å². The molecule has 1 N–H and O–H groups in total. The van der Waals surface area contributed by atoms with E-state index in [1.54, 1.807) is 4.57 Å². The van der Waals surface area contributed by atoms with Crippen LogP contribution < -0.4 is 5.32 Å². The van der Waals surface area contributed by atoms with Crippen LogP contribution in [-0.2, 0) is 0 Å². The number of nitrogens with zero attached hydrogens (tertiary/aromatic N) is 5. The Balaban J connectivity index is 2.15. The van der Waals surface area contributed by atoms with E-state index in [2.05, 4.69) is 31.6 Å². The standard InChI is InChI=1S/C9H8N6/c1-2-5-10-8-11-13-9(14-12-8)15-6-3-4-7-15/h1,3-4,6-7H,5H2,(H,10,11,12). The third kappa shape index (κ3) is 2.08. The second-order valence-corrected chi connectivity index (χ2v) is 2.67. The van der Waals surface area contributed by atoms with Gasteiger partial charge in [-0.15, -0.1) is 26.8 Å². The molecule has 0 unspecified atom stereocenters. The Morgan fingerprint density at radius 3 is 2.47 bits per heavy atom. The van der Waals surface area contributed by atoms with E-state index >= 15 is 0 Å². The first-order valence-electron chi connectivity index (χ1n) is 4.28. The zero-order chi connectivity index (χ0) is 10.5. The Labute approximate surface area is 86.4 Å². The van der Waals surface area contributed by atoms with Crippen molar-refractivity contribution in [2.24, 2.45) is 0 Å². The average molecular weight is 200 g/mol. The second kappa shape index (κ2) is 4.19. The Hall–Kier alpha value is -2.42. The Morgan fingerprint density at radius 1 is 1.20 bits per heavy atom. The zero-order valence-electron chi connectivity index (χ0n) is 7.83. The number of anilines is 1.